The summed E-state index contributed by atoms with van der Waals surface area (Å²) in [5.41, 5.74) is -1.11. The first-order valence-electron chi connectivity index (χ1n) is 11.6. The van der Waals surface area contributed by atoms with Crippen LogP contribution in [0.2, 0.25) is 0 Å². The normalized spacial score (nSPS) is 13.3. The van der Waals surface area contributed by atoms with Gasteiger partial charge in [-0.2, -0.15) is 10.4 Å². The van der Waals surface area contributed by atoms with E-state index in [1.54, 1.807) is 30.5 Å². The summed E-state index contributed by atoms with van der Waals surface area (Å²) in [6.45, 7) is 5.74. The zero-order valence-electron chi connectivity index (χ0n) is 21.8. The van der Waals surface area contributed by atoms with Crippen LogP contribution >= 0.6 is 0 Å². The predicted molar refractivity (Wildman–Crippen MR) is 138 cm³/mol. The van der Waals surface area contributed by atoms with E-state index in [2.05, 4.69) is 10.3 Å². The van der Waals surface area contributed by atoms with Crippen molar-refractivity contribution >= 4 is 27.5 Å². The Balaban J connectivity index is 2.28. The number of nitrogens with zero attached hydrogens (tertiary/aromatic N) is 5. The molecule has 0 aliphatic carbocycles. The molecule has 2 heterocycles. The second-order valence-corrected chi connectivity index (χ2v) is 11.5. The molecular formula is C25H30N6O6S. The van der Waals surface area contributed by atoms with Gasteiger partial charge in [-0.1, -0.05) is 32.0 Å². The van der Waals surface area contributed by atoms with Gasteiger partial charge in [0.2, 0.25) is 10.0 Å². The fraction of sp³-hybridized carbons (Fsp3) is 0.400. The van der Waals surface area contributed by atoms with Gasteiger partial charge in [-0.15, -0.1) is 0 Å². The molecule has 202 valence electrons. The molecule has 0 saturated carbocycles. The molecule has 0 aliphatic heterocycles. The van der Waals surface area contributed by atoms with Crippen molar-refractivity contribution in [1.82, 2.24) is 19.7 Å². The Morgan fingerprint density at radius 1 is 1.29 bits per heavy atom. The number of carbonyl (C=O) groups excluding carboxylic acids is 2. The van der Waals surface area contributed by atoms with Gasteiger partial charge in [0.05, 0.1) is 32.2 Å². The number of hydrogen-bond donors (Lipinski definition) is 1. The lowest BCUT2D eigenvalue weighted by Crippen LogP contribution is -2.64. The molecule has 3 rings (SSSR count). The van der Waals surface area contributed by atoms with Crippen LogP contribution in [0.1, 0.15) is 49.5 Å². The van der Waals surface area contributed by atoms with Crippen LogP contribution in [0.4, 0.5) is 5.69 Å². The van der Waals surface area contributed by atoms with Gasteiger partial charge in [-0.05, 0) is 35.6 Å². The van der Waals surface area contributed by atoms with E-state index in [0.717, 1.165) is 23.0 Å². The van der Waals surface area contributed by atoms with E-state index < -0.39 is 27.4 Å². The molecule has 3 aromatic rings. The number of ether oxygens (including phenoxy) is 1. The van der Waals surface area contributed by atoms with Gasteiger partial charge >= 0.3 is 0 Å². The molecule has 1 unspecified atom stereocenters. The molecule has 0 aliphatic rings. The zero-order chi connectivity index (χ0) is 28.1. The number of amides is 2. The summed E-state index contributed by atoms with van der Waals surface area (Å²) in [5.74, 6) is -1.22. The topological polar surface area (TPSA) is 160 Å². The maximum Gasteiger partial charge on any atom is 0.261 e. The molecule has 38 heavy (non-hydrogen) atoms. The summed E-state index contributed by atoms with van der Waals surface area (Å²) < 4.78 is 38.3. The lowest BCUT2D eigenvalue weighted by Gasteiger charge is -2.41. The Hall–Kier alpha value is -4.18. The van der Waals surface area contributed by atoms with Crippen LogP contribution in [0.5, 0.6) is 5.75 Å². The van der Waals surface area contributed by atoms with Crippen molar-refractivity contribution in [1.29, 1.82) is 5.26 Å². The van der Waals surface area contributed by atoms with Crippen LogP contribution < -0.4 is 14.4 Å². The van der Waals surface area contributed by atoms with E-state index in [1.165, 1.54) is 24.2 Å². The van der Waals surface area contributed by atoms with Crippen molar-refractivity contribution < 1.29 is 27.3 Å². The van der Waals surface area contributed by atoms with E-state index >= 15 is 0 Å². The Labute approximate surface area is 221 Å². The number of benzene rings is 1. The van der Waals surface area contributed by atoms with Crippen molar-refractivity contribution in [3.63, 3.8) is 0 Å². The average Bonchev–Trinajstić information content (AvgIpc) is 3.55. The zero-order valence-corrected chi connectivity index (χ0v) is 22.7. The third-order valence-corrected chi connectivity index (χ3v) is 6.46. The summed E-state index contributed by atoms with van der Waals surface area (Å²) in [7, 11) is -2.55. The monoisotopic (exact) mass is 542 g/mol. The van der Waals surface area contributed by atoms with Gasteiger partial charge in [-0.25, -0.2) is 8.42 Å². The number of hydrogen-bond acceptors (Lipinski definition) is 9. The van der Waals surface area contributed by atoms with Crippen LogP contribution in [0.15, 0.2) is 53.6 Å². The highest BCUT2D eigenvalue weighted by Gasteiger charge is 2.49. The Bertz CT molecular complexity index is 1420. The minimum Gasteiger partial charge on any atom is -0.496 e. The molecule has 2 amide bonds. The minimum atomic E-state index is -4.04. The third kappa shape index (κ3) is 6.20. The van der Waals surface area contributed by atoms with Crippen LogP contribution in [-0.4, -0.2) is 54.1 Å². The quantitative estimate of drug-likeness (QED) is 0.406. The fourth-order valence-corrected chi connectivity index (χ4v) is 4.70. The van der Waals surface area contributed by atoms with Crippen molar-refractivity contribution in [2.45, 2.75) is 51.1 Å². The Kier molecular flexibility index (Phi) is 8.26. The number of aromatic nitrogens is 3. The fourth-order valence-electron chi connectivity index (χ4n) is 4.18. The second kappa shape index (κ2) is 11.1. The SMILES string of the molecule is COc1cc(C(=O)N(c2cnoc2)C(CCC#N)(Cn2cccn2)C(=O)NS(C)(=O)=O)ccc1C(C)(C)C. The predicted octanol–water partition coefficient (Wildman–Crippen LogP) is 2.64. The number of nitrogens with one attached hydrogen (secondary N) is 1. The molecule has 0 radical (unpaired) electrons. The highest BCUT2D eigenvalue weighted by atomic mass is 32.2. The van der Waals surface area contributed by atoms with Gasteiger partial charge in [0.25, 0.3) is 11.8 Å². The van der Waals surface area contributed by atoms with Crippen LogP contribution in [0, 0.1) is 11.3 Å². The average molecular weight is 543 g/mol. The molecule has 1 N–H and O–H groups in total. The van der Waals surface area contributed by atoms with Crippen LogP contribution in [-0.2, 0) is 26.8 Å². The molecule has 0 fully saturated rings. The van der Waals surface area contributed by atoms with E-state index in [0.29, 0.717) is 5.75 Å². The number of carbonyl (C=O) groups is 2. The van der Waals surface area contributed by atoms with Crippen LogP contribution in [0.3, 0.4) is 0 Å². The van der Waals surface area contributed by atoms with E-state index in [1.807, 2.05) is 31.6 Å². The van der Waals surface area contributed by atoms with Crippen molar-refractivity contribution in [3.05, 3.63) is 60.2 Å². The largest absolute Gasteiger partial charge is 0.496 e. The first kappa shape index (κ1) is 28.4. The molecular weight excluding hydrogens is 512 g/mol. The van der Waals surface area contributed by atoms with Gasteiger partial charge in [0, 0.05) is 24.4 Å². The van der Waals surface area contributed by atoms with E-state index in [9.17, 15) is 23.3 Å². The highest BCUT2D eigenvalue weighted by Crippen LogP contribution is 2.36. The van der Waals surface area contributed by atoms with Gasteiger partial charge in [0.1, 0.15) is 23.2 Å². The smallest absolute Gasteiger partial charge is 0.261 e. The Morgan fingerprint density at radius 2 is 2.03 bits per heavy atom. The maximum absolute atomic E-state index is 14.2. The summed E-state index contributed by atoms with van der Waals surface area (Å²) >= 11 is 0. The number of methoxy groups -OCH3 is 1. The molecule has 0 bridgehead atoms. The minimum absolute atomic E-state index is 0.0858. The van der Waals surface area contributed by atoms with E-state index in [-0.39, 0.29) is 36.1 Å². The maximum atomic E-state index is 14.2. The van der Waals surface area contributed by atoms with Gasteiger partial charge in [-0.3, -0.25) is 23.9 Å². The molecule has 0 spiro atoms. The third-order valence-electron chi connectivity index (χ3n) is 5.90. The lowest BCUT2D eigenvalue weighted by molar-refractivity contribution is -0.125. The summed E-state index contributed by atoms with van der Waals surface area (Å²) in [6, 6.07) is 8.52. The molecule has 1 aromatic carbocycles. The van der Waals surface area contributed by atoms with Crippen molar-refractivity contribution in [2.24, 2.45) is 0 Å². The summed E-state index contributed by atoms with van der Waals surface area (Å²) in [6.07, 6.45) is 5.86. The first-order valence-corrected chi connectivity index (χ1v) is 13.5. The Morgan fingerprint density at radius 3 is 2.55 bits per heavy atom. The van der Waals surface area contributed by atoms with Crippen molar-refractivity contribution in [2.75, 3.05) is 18.3 Å². The summed E-state index contributed by atoms with van der Waals surface area (Å²) in [5, 5.41) is 17.3. The number of nitriles is 1. The second-order valence-electron chi connectivity index (χ2n) is 9.78. The van der Waals surface area contributed by atoms with E-state index in [4.69, 9.17) is 9.26 Å². The first-order chi connectivity index (χ1) is 17.8. The lowest BCUT2D eigenvalue weighted by atomic mass is 9.85. The molecule has 12 nitrogen and oxygen atoms in total. The van der Waals surface area contributed by atoms with Crippen LogP contribution in [0.25, 0.3) is 0 Å². The molecule has 0 saturated heterocycles. The number of rotatable bonds is 10. The summed E-state index contributed by atoms with van der Waals surface area (Å²) in [4.78, 5) is 29.1. The molecule has 2 aromatic heterocycles. The van der Waals surface area contributed by atoms with Gasteiger partial charge < -0.3 is 9.26 Å². The standard InChI is InChI=1S/C25H30N6O6S/c1-24(2,3)20-9-8-18(14-21(20)36-4)22(32)31(19-15-28-37-16-19)25(10-6-11-26,17-30-13-7-12-27-30)23(33)29-38(5,34)35/h7-9,12-16H,6,10,17H2,1-5H3,(H,29,33). The molecule has 1 atom stereocenters. The molecule has 13 heteroatoms. The number of anilines is 1. The highest BCUT2D eigenvalue weighted by molar-refractivity contribution is 7.89. The number of sulfonamides is 1. The van der Waals surface area contributed by atoms with Crippen molar-refractivity contribution in [3.8, 4) is 11.8 Å². The van der Waals surface area contributed by atoms with Gasteiger partial charge in [0.15, 0.2) is 0 Å².